The molecule has 2 aliphatic rings. The quantitative estimate of drug-likeness (QED) is 0.857. The predicted octanol–water partition coefficient (Wildman–Crippen LogP) is 3.87. The highest BCUT2D eigenvalue weighted by Crippen LogP contribution is 2.39. The highest BCUT2D eigenvalue weighted by Gasteiger charge is 2.35. The first-order chi connectivity index (χ1) is 11.6. The van der Waals surface area contributed by atoms with Crippen LogP contribution in [0.4, 0.5) is 0 Å². The van der Waals surface area contributed by atoms with Gasteiger partial charge in [-0.2, -0.15) is 0 Å². The van der Waals surface area contributed by atoms with Gasteiger partial charge in [-0.05, 0) is 89.2 Å². The van der Waals surface area contributed by atoms with E-state index in [4.69, 9.17) is 4.74 Å². The number of benzene rings is 1. The van der Waals surface area contributed by atoms with Gasteiger partial charge >= 0.3 is 0 Å². The fraction of sp³-hybridized carbons (Fsp3) is 0.714. The third-order valence-electron chi connectivity index (χ3n) is 6.38. The zero-order valence-corrected chi connectivity index (χ0v) is 15.7. The van der Waals surface area contributed by atoms with Gasteiger partial charge in [-0.3, -0.25) is 0 Å². The first-order valence-electron chi connectivity index (χ1n) is 9.75. The van der Waals surface area contributed by atoms with E-state index in [0.717, 1.165) is 31.2 Å². The molecule has 0 radical (unpaired) electrons. The Balaban J connectivity index is 1.55. The molecular weight excluding hydrogens is 296 g/mol. The Kier molecular flexibility index (Phi) is 5.83. The molecule has 1 heterocycles. The highest BCUT2D eigenvalue weighted by atomic mass is 16.5. The largest absolute Gasteiger partial charge is 0.489 e. The lowest BCUT2D eigenvalue weighted by Crippen LogP contribution is -2.46. The molecule has 1 aliphatic heterocycles. The second-order valence-electron chi connectivity index (χ2n) is 8.00. The summed E-state index contributed by atoms with van der Waals surface area (Å²) in [6.45, 7) is 4.41. The molecule has 1 N–H and O–H groups in total. The van der Waals surface area contributed by atoms with Gasteiger partial charge in [0.1, 0.15) is 11.9 Å². The molecule has 1 aromatic rings. The summed E-state index contributed by atoms with van der Waals surface area (Å²) in [6.07, 6.45) is 9.32. The SMILES string of the molecule is CC[C@]1(N(C)C)CC[C@H](Cc2cccc(O[C@H]3CCNC3)c2)CC1. The predicted molar refractivity (Wildman–Crippen MR) is 101 cm³/mol. The topological polar surface area (TPSA) is 24.5 Å². The Labute approximate surface area is 147 Å². The van der Waals surface area contributed by atoms with Gasteiger partial charge < -0.3 is 15.0 Å². The number of ether oxygens (including phenoxy) is 1. The Morgan fingerprint density at radius 1 is 1.21 bits per heavy atom. The van der Waals surface area contributed by atoms with Gasteiger partial charge in [-0.25, -0.2) is 0 Å². The molecule has 1 aromatic carbocycles. The lowest BCUT2D eigenvalue weighted by Gasteiger charge is -2.44. The van der Waals surface area contributed by atoms with Crippen molar-refractivity contribution in [1.82, 2.24) is 10.2 Å². The average Bonchev–Trinajstić information content (AvgIpc) is 3.09. The van der Waals surface area contributed by atoms with Crippen molar-refractivity contribution in [1.29, 1.82) is 0 Å². The van der Waals surface area contributed by atoms with Crippen molar-refractivity contribution in [3.8, 4) is 5.75 Å². The smallest absolute Gasteiger partial charge is 0.120 e. The van der Waals surface area contributed by atoms with Crippen molar-refractivity contribution >= 4 is 0 Å². The summed E-state index contributed by atoms with van der Waals surface area (Å²) in [5, 5.41) is 3.37. The van der Waals surface area contributed by atoms with Crippen LogP contribution in [0.1, 0.15) is 51.0 Å². The first-order valence-corrected chi connectivity index (χ1v) is 9.75. The third-order valence-corrected chi connectivity index (χ3v) is 6.38. The highest BCUT2D eigenvalue weighted by molar-refractivity contribution is 5.29. The summed E-state index contributed by atoms with van der Waals surface area (Å²) in [5.74, 6) is 1.88. The van der Waals surface area contributed by atoms with E-state index in [1.807, 2.05) is 0 Å². The molecule has 24 heavy (non-hydrogen) atoms. The average molecular weight is 331 g/mol. The van der Waals surface area contributed by atoms with Crippen LogP contribution in [0.2, 0.25) is 0 Å². The molecule has 3 nitrogen and oxygen atoms in total. The second kappa shape index (κ2) is 7.88. The number of hydrogen-bond acceptors (Lipinski definition) is 3. The first kappa shape index (κ1) is 17.8. The maximum Gasteiger partial charge on any atom is 0.120 e. The molecule has 0 bridgehead atoms. The Morgan fingerprint density at radius 2 is 2.00 bits per heavy atom. The van der Waals surface area contributed by atoms with Crippen LogP contribution in [-0.4, -0.2) is 43.7 Å². The molecular formula is C21H34N2O. The number of nitrogens with zero attached hydrogens (tertiary/aromatic N) is 1. The molecule has 0 unspecified atom stereocenters. The van der Waals surface area contributed by atoms with Crippen LogP contribution < -0.4 is 10.1 Å². The van der Waals surface area contributed by atoms with Gasteiger partial charge in [-0.1, -0.05) is 19.1 Å². The summed E-state index contributed by atoms with van der Waals surface area (Å²) in [7, 11) is 4.50. The van der Waals surface area contributed by atoms with Crippen molar-refractivity contribution in [2.45, 2.75) is 63.5 Å². The monoisotopic (exact) mass is 330 g/mol. The summed E-state index contributed by atoms with van der Waals surface area (Å²) >= 11 is 0. The van der Waals surface area contributed by atoms with E-state index >= 15 is 0 Å². The zero-order valence-electron chi connectivity index (χ0n) is 15.7. The summed E-state index contributed by atoms with van der Waals surface area (Å²) in [4.78, 5) is 2.47. The van der Waals surface area contributed by atoms with Crippen molar-refractivity contribution < 1.29 is 4.74 Å². The lowest BCUT2D eigenvalue weighted by molar-refractivity contribution is 0.0754. The third kappa shape index (κ3) is 4.12. The summed E-state index contributed by atoms with van der Waals surface area (Å²) in [6, 6.07) is 8.81. The van der Waals surface area contributed by atoms with Crippen LogP contribution in [0.15, 0.2) is 24.3 Å². The molecule has 1 aliphatic carbocycles. The molecule has 0 aromatic heterocycles. The van der Waals surface area contributed by atoms with Gasteiger partial charge in [0.05, 0.1) is 0 Å². The van der Waals surface area contributed by atoms with E-state index < -0.39 is 0 Å². The van der Waals surface area contributed by atoms with Crippen LogP contribution in [-0.2, 0) is 6.42 Å². The van der Waals surface area contributed by atoms with Crippen molar-refractivity contribution in [2.75, 3.05) is 27.2 Å². The van der Waals surface area contributed by atoms with Gasteiger partial charge in [0, 0.05) is 12.1 Å². The van der Waals surface area contributed by atoms with Gasteiger partial charge in [0.15, 0.2) is 0 Å². The van der Waals surface area contributed by atoms with E-state index in [-0.39, 0.29) is 0 Å². The van der Waals surface area contributed by atoms with Gasteiger partial charge in [0.2, 0.25) is 0 Å². The zero-order chi connectivity index (χ0) is 17.0. The number of nitrogens with one attached hydrogen (secondary N) is 1. The lowest BCUT2D eigenvalue weighted by atomic mass is 9.73. The Morgan fingerprint density at radius 3 is 2.62 bits per heavy atom. The van der Waals surface area contributed by atoms with Crippen LogP contribution in [0.25, 0.3) is 0 Å². The van der Waals surface area contributed by atoms with Crippen molar-refractivity contribution in [3.63, 3.8) is 0 Å². The van der Waals surface area contributed by atoms with E-state index in [1.165, 1.54) is 44.1 Å². The number of rotatable bonds is 6. The molecule has 134 valence electrons. The standard InChI is InChI=1S/C21H34N2O/c1-4-21(23(2)3)11-8-17(9-12-21)14-18-6-5-7-19(15-18)24-20-10-13-22-16-20/h5-7,15,17,20,22H,4,8-14,16H2,1-3H3/t17-,20-,21-/m0/s1. The minimum atomic E-state index is 0.347. The molecule has 2 fully saturated rings. The molecule has 1 saturated heterocycles. The maximum atomic E-state index is 6.12. The molecule has 1 atom stereocenters. The molecule has 0 spiro atoms. The van der Waals surface area contributed by atoms with E-state index in [2.05, 4.69) is 55.5 Å². The summed E-state index contributed by atoms with van der Waals surface area (Å²) < 4.78 is 6.12. The van der Waals surface area contributed by atoms with Crippen LogP contribution in [0.3, 0.4) is 0 Å². The van der Waals surface area contributed by atoms with E-state index in [0.29, 0.717) is 11.6 Å². The van der Waals surface area contributed by atoms with Crippen LogP contribution >= 0.6 is 0 Å². The van der Waals surface area contributed by atoms with Gasteiger partial charge in [0.25, 0.3) is 0 Å². The Hall–Kier alpha value is -1.06. The van der Waals surface area contributed by atoms with Crippen molar-refractivity contribution in [3.05, 3.63) is 29.8 Å². The minimum absolute atomic E-state index is 0.347. The minimum Gasteiger partial charge on any atom is -0.489 e. The van der Waals surface area contributed by atoms with E-state index in [1.54, 1.807) is 0 Å². The molecule has 1 saturated carbocycles. The summed E-state index contributed by atoms with van der Waals surface area (Å²) in [5.41, 5.74) is 1.88. The maximum absolute atomic E-state index is 6.12. The van der Waals surface area contributed by atoms with Gasteiger partial charge in [-0.15, -0.1) is 0 Å². The number of hydrogen-bond donors (Lipinski definition) is 1. The fourth-order valence-corrected chi connectivity index (χ4v) is 4.54. The Bertz CT molecular complexity index is 514. The normalized spacial score (nSPS) is 30.7. The second-order valence-corrected chi connectivity index (χ2v) is 8.00. The molecule has 3 heteroatoms. The van der Waals surface area contributed by atoms with Crippen LogP contribution in [0, 0.1) is 5.92 Å². The molecule has 3 rings (SSSR count). The van der Waals surface area contributed by atoms with Crippen LogP contribution in [0.5, 0.6) is 5.75 Å². The van der Waals surface area contributed by atoms with E-state index in [9.17, 15) is 0 Å². The fourth-order valence-electron chi connectivity index (χ4n) is 4.54. The molecule has 0 amide bonds. The van der Waals surface area contributed by atoms with Crippen molar-refractivity contribution in [2.24, 2.45) is 5.92 Å².